The van der Waals surface area contributed by atoms with Crippen LogP contribution in [0.4, 0.5) is 0 Å². The van der Waals surface area contributed by atoms with Gasteiger partial charge in [-0.25, -0.2) is 4.79 Å². The molecule has 0 saturated carbocycles. The van der Waals surface area contributed by atoms with Crippen molar-refractivity contribution in [3.63, 3.8) is 0 Å². The molecule has 0 unspecified atom stereocenters. The monoisotopic (exact) mass is 529 g/mol. The molecule has 3 fully saturated rings. The molecule has 7 heteroatoms. The third-order valence-corrected chi connectivity index (χ3v) is 8.42. The first-order valence-corrected chi connectivity index (χ1v) is 13.8. The summed E-state index contributed by atoms with van der Waals surface area (Å²) in [5, 5.41) is 14.8. The predicted octanol–water partition coefficient (Wildman–Crippen LogP) is 3.90. The molecule has 3 aromatic rings. The Hall–Kier alpha value is -3.68. The molecule has 2 N–H and O–H groups in total. The molecular weight excluding hydrogens is 492 g/mol. The summed E-state index contributed by atoms with van der Waals surface area (Å²) in [6, 6.07) is 25.2. The lowest BCUT2D eigenvalue weighted by atomic mass is 9.82. The molecule has 3 saturated heterocycles. The van der Waals surface area contributed by atoms with Gasteiger partial charge in [-0.2, -0.15) is 0 Å². The van der Waals surface area contributed by atoms with Crippen molar-refractivity contribution in [3.8, 4) is 5.75 Å². The van der Waals surface area contributed by atoms with Crippen LogP contribution in [-0.2, 0) is 15.1 Å². The quantitative estimate of drug-likeness (QED) is 0.236. The molecule has 204 valence electrons. The molecule has 39 heavy (non-hydrogen) atoms. The van der Waals surface area contributed by atoms with Gasteiger partial charge in [0.2, 0.25) is 5.60 Å². The van der Waals surface area contributed by atoms with Crippen molar-refractivity contribution in [2.75, 3.05) is 39.8 Å². The highest BCUT2D eigenvalue weighted by Gasteiger charge is 2.50. The molecule has 3 aliphatic heterocycles. The standard InChI is InChI=1S/C32H36N2O5/c1-38-28-16-9-8-15-27(28)30(35)33-19-10-20-34-21-17-24(18-22-34)29(23-34)39-31(36)32(37,25-11-4-2-5-12-25)26-13-6-3-7-14-26/h2-9,11-16,24,29,37H,10,17-23H2,1H3/p+1/t24?,29-,34?/m0/s1. The average Bonchev–Trinajstić information content (AvgIpc) is 3.00. The van der Waals surface area contributed by atoms with E-state index in [0.717, 1.165) is 49.9 Å². The van der Waals surface area contributed by atoms with Crippen LogP contribution in [0.3, 0.4) is 0 Å². The summed E-state index contributed by atoms with van der Waals surface area (Å²) >= 11 is 0. The largest absolute Gasteiger partial charge is 0.496 e. The van der Waals surface area contributed by atoms with Gasteiger partial charge >= 0.3 is 5.97 Å². The predicted molar refractivity (Wildman–Crippen MR) is 148 cm³/mol. The van der Waals surface area contributed by atoms with Crippen molar-refractivity contribution in [3.05, 3.63) is 102 Å². The molecule has 7 nitrogen and oxygen atoms in total. The van der Waals surface area contributed by atoms with E-state index in [9.17, 15) is 14.7 Å². The maximum atomic E-state index is 13.7. The number of nitrogens with one attached hydrogen (secondary N) is 1. The molecule has 0 spiro atoms. The minimum atomic E-state index is -1.87. The highest BCUT2D eigenvalue weighted by molar-refractivity contribution is 5.96. The lowest BCUT2D eigenvalue weighted by molar-refractivity contribution is -0.946. The van der Waals surface area contributed by atoms with Crippen LogP contribution in [0.5, 0.6) is 5.75 Å². The molecule has 3 aromatic carbocycles. The minimum Gasteiger partial charge on any atom is -0.496 e. The van der Waals surface area contributed by atoms with Crippen LogP contribution in [-0.4, -0.2) is 67.4 Å². The highest BCUT2D eigenvalue weighted by atomic mass is 16.6. The number of rotatable bonds is 10. The second kappa shape index (κ2) is 11.6. The van der Waals surface area contributed by atoms with E-state index in [0.29, 0.717) is 34.9 Å². The first-order valence-electron chi connectivity index (χ1n) is 13.8. The van der Waals surface area contributed by atoms with Gasteiger partial charge in [-0.1, -0.05) is 72.8 Å². The number of fused-ring (bicyclic) bond motifs is 3. The molecule has 1 amide bonds. The maximum absolute atomic E-state index is 13.7. The van der Waals surface area contributed by atoms with Gasteiger partial charge in [0.05, 0.1) is 32.3 Å². The number of quaternary nitrogens is 1. The van der Waals surface area contributed by atoms with E-state index in [-0.39, 0.29) is 12.0 Å². The van der Waals surface area contributed by atoms with Crippen LogP contribution in [0.2, 0.25) is 0 Å². The number of benzene rings is 3. The fourth-order valence-electron chi connectivity index (χ4n) is 6.20. The number of amides is 1. The Morgan fingerprint density at radius 3 is 2.13 bits per heavy atom. The number of carbonyl (C=O) groups excluding carboxylic acids is 2. The van der Waals surface area contributed by atoms with Crippen LogP contribution in [0, 0.1) is 5.92 Å². The summed E-state index contributed by atoms with van der Waals surface area (Å²) in [5.74, 6) is 0.0965. The zero-order chi connectivity index (χ0) is 27.3. The normalized spacial score (nSPS) is 22.2. The summed E-state index contributed by atoms with van der Waals surface area (Å²) in [5.41, 5.74) is -0.348. The molecule has 0 radical (unpaired) electrons. The van der Waals surface area contributed by atoms with Crippen molar-refractivity contribution < 1.29 is 28.7 Å². The van der Waals surface area contributed by atoms with Crippen LogP contribution < -0.4 is 10.1 Å². The van der Waals surface area contributed by atoms with E-state index in [1.165, 1.54) is 0 Å². The number of nitrogens with zero attached hydrogens (tertiary/aromatic N) is 1. The number of methoxy groups -OCH3 is 1. The van der Waals surface area contributed by atoms with Gasteiger partial charge in [0, 0.05) is 31.7 Å². The smallest absolute Gasteiger partial charge is 0.348 e. The Bertz CT molecular complexity index is 1230. The zero-order valence-corrected chi connectivity index (χ0v) is 22.4. The van der Waals surface area contributed by atoms with Crippen molar-refractivity contribution in [2.24, 2.45) is 5.92 Å². The van der Waals surface area contributed by atoms with E-state index < -0.39 is 11.6 Å². The Kier molecular flexibility index (Phi) is 8.00. The molecule has 0 aromatic heterocycles. The van der Waals surface area contributed by atoms with E-state index in [2.05, 4.69) is 5.32 Å². The second-order valence-electron chi connectivity index (χ2n) is 10.7. The zero-order valence-electron chi connectivity index (χ0n) is 22.4. The van der Waals surface area contributed by atoms with E-state index in [1.807, 2.05) is 48.5 Å². The Labute approximate surface area is 230 Å². The molecule has 1 atom stereocenters. The second-order valence-corrected chi connectivity index (χ2v) is 10.7. The fourth-order valence-corrected chi connectivity index (χ4v) is 6.20. The molecule has 3 aliphatic rings. The topological polar surface area (TPSA) is 84.9 Å². The molecular formula is C32H37N2O5+. The minimum absolute atomic E-state index is 0.141. The van der Waals surface area contributed by atoms with Crippen molar-refractivity contribution >= 4 is 11.9 Å². The summed E-state index contributed by atoms with van der Waals surface area (Å²) < 4.78 is 12.3. The lowest BCUT2D eigenvalue weighted by Gasteiger charge is -2.52. The Morgan fingerprint density at radius 1 is 0.923 bits per heavy atom. The molecule has 0 aliphatic carbocycles. The summed E-state index contributed by atoms with van der Waals surface area (Å²) in [7, 11) is 1.56. The van der Waals surface area contributed by atoms with E-state index in [4.69, 9.17) is 9.47 Å². The first-order chi connectivity index (χ1) is 18.9. The molecule has 2 bridgehead atoms. The van der Waals surface area contributed by atoms with Crippen molar-refractivity contribution in [1.82, 2.24) is 5.32 Å². The first kappa shape index (κ1) is 26.9. The SMILES string of the molecule is COc1ccccc1C(=O)NCCC[N+]12CCC(CC1)[C@@H](OC(=O)C(O)(c1ccccc1)c1ccccc1)C2. The number of hydrogen-bond donors (Lipinski definition) is 2. The number of hydrogen-bond acceptors (Lipinski definition) is 5. The van der Waals surface area contributed by atoms with Crippen LogP contribution in [0.25, 0.3) is 0 Å². The molecule has 3 heterocycles. The number of para-hydroxylation sites is 1. The third-order valence-electron chi connectivity index (χ3n) is 8.42. The number of piperidine rings is 3. The van der Waals surface area contributed by atoms with E-state index >= 15 is 0 Å². The van der Waals surface area contributed by atoms with E-state index in [1.54, 1.807) is 43.5 Å². The number of carbonyl (C=O) groups is 2. The summed E-state index contributed by atoms with van der Waals surface area (Å²) in [6.07, 6.45) is 2.55. The Balaban J connectivity index is 1.23. The van der Waals surface area contributed by atoms with Crippen LogP contribution >= 0.6 is 0 Å². The number of ether oxygens (including phenoxy) is 2. The summed E-state index contributed by atoms with van der Waals surface area (Å²) in [6.45, 7) is 4.28. The van der Waals surface area contributed by atoms with Crippen LogP contribution in [0.15, 0.2) is 84.9 Å². The van der Waals surface area contributed by atoms with Gasteiger partial charge in [-0.05, 0) is 23.3 Å². The van der Waals surface area contributed by atoms with Crippen molar-refractivity contribution in [1.29, 1.82) is 0 Å². The maximum Gasteiger partial charge on any atom is 0.348 e. The summed E-state index contributed by atoms with van der Waals surface area (Å²) in [4.78, 5) is 26.4. The van der Waals surface area contributed by atoms with Gasteiger partial charge < -0.3 is 24.4 Å². The third kappa shape index (κ3) is 5.56. The number of aliphatic hydroxyl groups is 1. The lowest BCUT2D eigenvalue weighted by Crippen LogP contribution is -2.65. The van der Waals surface area contributed by atoms with Gasteiger partial charge in [-0.15, -0.1) is 0 Å². The van der Waals surface area contributed by atoms with Gasteiger partial charge in [0.15, 0.2) is 6.10 Å². The van der Waals surface area contributed by atoms with Gasteiger partial charge in [0.25, 0.3) is 5.91 Å². The van der Waals surface area contributed by atoms with Gasteiger partial charge in [0.1, 0.15) is 12.3 Å². The number of esters is 1. The highest BCUT2D eigenvalue weighted by Crippen LogP contribution is 2.38. The van der Waals surface area contributed by atoms with Gasteiger partial charge in [-0.3, -0.25) is 4.79 Å². The fraction of sp³-hybridized carbons (Fsp3) is 0.375. The Morgan fingerprint density at radius 2 is 1.51 bits per heavy atom. The average molecular weight is 530 g/mol. The molecule has 6 rings (SSSR count). The van der Waals surface area contributed by atoms with Crippen molar-refractivity contribution in [2.45, 2.75) is 31.0 Å². The van der Waals surface area contributed by atoms with Crippen LogP contribution in [0.1, 0.15) is 40.7 Å².